The van der Waals surface area contributed by atoms with Crippen LogP contribution in [0.1, 0.15) is 15.9 Å². The summed E-state index contributed by atoms with van der Waals surface area (Å²) >= 11 is 5.78. The van der Waals surface area contributed by atoms with Crippen LogP contribution in [-0.2, 0) is 17.6 Å². The van der Waals surface area contributed by atoms with Crippen LogP contribution in [0.3, 0.4) is 0 Å². The van der Waals surface area contributed by atoms with Gasteiger partial charge in [-0.2, -0.15) is 13.2 Å². The smallest absolute Gasteiger partial charge is 0.440 e. The molecule has 0 amide bonds. The number of hydrogen-bond acceptors (Lipinski definition) is 6. The van der Waals surface area contributed by atoms with E-state index in [1.165, 1.54) is 18.2 Å². The van der Waals surface area contributed by atoms with Crippen molar-refractivity contribution in [2.45, 2.75) is 12.9 Å². The Bertz CT molecular complexity index is 1050. The molecule has 0 aliphatic carbocycles. The number of rotatable bonds is 4. The number of benzene rings is 1. The maximum atomic E-state index is 12.8. The molecule has 3 aromatic rings. The number of carbonyl (C=O) groups is 1. The van der Waals surface area contributed by atoms with E-state index in [0.717, 1.165) is 16.8 Å². The zero-order chi connectivity index (χ0) is 19.6. The Labute approximate surface area is 153 Å². The van der Waals surface area contributed by atoms with Crippen molar-refractivity contribution in [2.75, 3.05) is 0 Å². The van der Waals surface area contributed by atoms with Crippen molar-refractivity contribution in [1.82, 2.24) is 14.7 Å². The topological polar surface area (TPSA) is 87.2 Å². The Morgan fingerprint density at radius 2 is 2.04 bits per heavy atom. The lowest BCUT2D eigenvalue weighted by molar-refractivity contribution is -0.137. The van der Waals surface area contributed by atoms with Gasteiger partial charge in [0.05, 0.1) is 11.1 Å². The van der Waals surface area contributed by atoms with Gasteiger partial charge < -0.3 is 4.74 Å². The molecule has 2 aromatic heterocycles. The van der Waals surface area contributed by atoms with Crippen molar-refractivity contribution in [3.05, 3.63) is 69.3 Å². The lowest BCUT2D eigenvalue weighted by atomic mass is 10.2. The Hall–Kier alpha value is -3.14. The zero-order valence-electron chi connectivity index (χ0n) is 13.2. The fourth-order valence-corrected chi connectivity index (χ4v) is 2.31. The third-order valence-electron chi connectivity index (χ3n) is 3.39. The highest BCUT2D eigenvalue weighted by atomic mass is 35.5. The van der Waals surface area contributed by atoms with Gasteiger partial charge in [0.25, 0.3) is 0 Å². The van der Waals surface area contributed by atoms with Crippen molar-refractivity contribution in [2.24, 2.45) is 0 Å². The van der Waals surface area contributed by atoms with Gasteiger partial charge in [-0.3, -0.25) is 9.51 Å². The summed E-state index contributed by atoms with van der Waals surface area (Å²) in [6, 6.07) is 7.36. The van der Waals surface area contributed by atoms with E-state index in [1.807, 2.05) is 0 Å². The van der Waals surface area contributed by atoms with Gasteiger partial charge >= 0.3 is 17.9 Å². The normalized spacial score (nSPS) is 11.4. The third-order valence-corrected chi connectivity index (χ3v) is 3.62. The monoisotopic (exact) mass is 399 g/mol. The Kier molecular flexibility index (Phi) is 5.00. The van der Waals surface area contributed by atoms with E-state index >= 15 is 0 Å². The van der Waals surface area contributed by atoms with Crippen LogP contribution in [0.4, 0.5) is 13.2 Å². The predicted octanol–water partition coefficient (Wildman–Crippen LogP) is 3.39. The average Bonchev–Trinajstić information content (AvgIpc) is 2.99. The van der Waals surface area contributed by atoms with Gasteiger partial charge in [0.15, 0.2) is 6.73 Å². The summed E-state index contributed by atoms with van der Waals surface area (Å²) in [5.41, 5.74) is -1.12. The van der Waals surface area contributed by atoms with Crippen molar-refractivity contribution in [3.8, 4) is 11.5 Å². The van der Waals surface area contributed by atoms with E-state index in [1.54, 1.807) is 6.07 Å². The maximum absolute atomic E-state index is 12.8. The molecular formula is C16H9ClF3N3O4. The standard InChI is InChI=1S/C16H9ClF3N3O4/c17-11-3-1-2-9(6-11)14(24)26-8-23-13(22-27-15(23)25)12-7-10(4-5-21-12)16(18,19)20/h1-7H,8H2. The fraction of sp³-hybridized carbons (Fsp3) is 0.125. The molecule has 0 aliphatic rings. The van der Waals surface area contributed by atoms with Gasteiger partial charge in [-0.25, -0.2) is 14.2 Å². The van der Waals surface area contributed by atoms with Crippen LogP contribution < -0.4 is 5.76 Å². The molecule has 0 unspecified atom stereocenters. The van der Waals surface area contributed by atoms with Crippen molar-refractivity contribution in [3.63, 3.8) is 0 Å². The minimum Gasteiger partial charge on any atom is -0.440 e. The molecule has 0 saturated carbocycles. The van der Waals surface area contributed by atoms with E-state index in [0.29, 0.717) is 11.1 Å². The maximum Gasteiger partial charge on any atom is 0.444 e. The van der Waals surface area contributed by atoms with Gasteiger partial charge in [-0.05, 0) is 30.3 Å². The molecule has 0 spiro atoms. The Morgan fingerprint density at radius 3 is 2.74 bits per heavy atom. The first kappa shape index (κ1) is 18.6. The summed E-state index contributed by atoms with van der Waals surface area (Å²) in [6.07, 6.45) is -3.69. The number of carbonyl (C=O) groups excluding carboxylic acids is 1. The van der Waals surface area contributed by atoms with Crippen LogP contribution in [0.15, 0.2) is 51.9 Å². The van der Waals surface area contributed by atoms with Crippen LogP contribution in [0.25, 0.3) is 11.5 Å². The number of hydrogen-bond donors (Lipinski definition) is 0. The minimum absolute atomic E-state index is 0.130. The molecule has 1 aromatic carbocycles. The first-order valence-corrected chi connectivity index (χ1v) is 7.66. The molecule has 0 fully saturated rings. The predicted molar refractivity (Wildman–Crippen MR) is 85.9 cm³/mol. The Balaban J connectivity index is 1.86. The van der Waals surface area contributed by atoms with E-state index in [2.05, 4.69) is 14.7 Å². The third kappa shape index (κ3) is 4.17. The van der Waals surface area contributed by atoms with Crippen LogP contribution >= 0.6 is 11.6 Å². The van der Waals surface area contributed by atoms with Gasteiger partial charge in [-0.1, -0.05) is 22.8 Å². The molecule has 7 nitrogen and oxygen atoms in total. The summed E-state index contributed by atoms with van der Waals surface area (Å²) in [5.74, 6) is -2.14. The highest BCUT2D eigenvalue weighted by Crippen LogP contribution is 2.30. The van der Waals surface area contributed by atoms with Crippen LogP contribution in [-0.4, -0.2) is 20.7 Å². The van der Waals surface area contributed by atoms with Crippen LogP contribution in [0, 0.1) is 0 Å². The first-order valence-electron chi connectivity index (χ1n) is 7.28. The average molecular weight is 400 g/mol. The van der Waals surface area contributed by atoms with Gasteiger partial charge in [-0.15, -0.1) is 0 Å². The molecule has 11 heteroatoms. The lowest BCUT2D eigenvalue weighted by Gasteiger charge is -2.09. The SMILES string of the molecule is O=C(OCn1c(-c2cc(C(F)(F)F)ccn2)noc1=O)c1cccc(Cl)c1. The molecule has 27 heavy (non-hydrogen) atoms. The number of halogens is 4. The van der Waals surface area contributed by atoms with E-state index < -0.39 is 30.2 Å². The van der Waals surface area contributed by atoms with E-state index in [-0.39, 0.29) is 17.1 Å². The summed E-state index contributed by atoms with van der Waals surface area (Å²) in [7, 11) is 0. The van der Waals surface area contributed by atoms with E-state index in [4.69, 9.17) is 16.3 Å². The lowest BCUT2D eigenvalue weighted by Crippen LogP contribution is -2.20. The molecular weight excluding hydrogens is 391 g/mol. The Morgan fingerprint density at radius 1 is 1.26 bits per heavy atom. The molecule has 0 bridgehead atoms. The molecule has 0 N–H and O–H groups in total. The van der Waals surface area contributed by atoms with Gasteiger partial charge in [0.2, 0.25) is 5.82 Å². The summed E-state index contributed by atoms with van der Waals surface area (Å²) in [5, 5.41) is 3.71. The fourth-order valence-electron chi connectivity index (χ4n) is 2.12. The van der Waals surface area contributed by atoms with Crippen LogP contribution in [0.2, 0.25) is 5.02 Å². The second-order valence-electron chi connectivity index (χ2n) is 5.20. The number of ether oxygens (including phenoxy) is 1. The van der Waals surface area contributed by atoms with Crippen LogP contribution in [0.5, 0.6) is 0 Å². The highest BCUT2D eigenvalue weighted by molar-refractivity contribution is 6.30. The molecule has 2 heterocycles. The molecule has 140 valence electrons. The molecule has 3 rings (SSSR count). The number of aromatic nitrogens is 3. The largest absolute Gasteiger partial charge is 0.444 e. The van der Waals surface area contributed by atoms with Gasteiger partial charge in [0, 0.05) is 11.2 Å². The zero-order valence-corrected chi connectivity index (χ0v) is 14.0. The van der Waals surface area contributed by atoms with E-state index in [9.17, 15) is 22.8 Å². The van der Waals surface area contributed by atoms with Crippen molar-refractivity contribution < 1.29 is 27.2 Å². The minimum atomic E-state index is -4.61. The summed E-state index contributed by atoms with van der Waals surface area (Å²) < 4.78 is 48.7. The first-order chi connectivity index (χ1) is 12.8. The number of esters is 1. The highest BCUT2D eigenvalue weighted by Gasteiger charge is 2.31. The number of pyridine rings is 1. The quantitative estimate of drug-likeness (QED) is 0.625. The molecule has 0 aliphatic heterocycles. The second kappa shape index (κ2) is 7.23. The summed E-state index contributed by atoms with van der Waals surface area (Å²) in [6.45, 7) is -0.638. The summed E-state index contributed by atoms with van der Waals surface area (Å²) in [4.78, 5) is 27.5. The van der Waals surface area contributed by atoms with Gasteiger partial charge in [0.1, 0.15) is 5.69 Å². The second-order valence-corrected chi connectivity index (χ2v) is 5.64. The number of nitrogens with zero attached hydrogens (tertiary/aromatic N) is 3. The molecule has 0 radical (unpaired) electrons. The molecule has 0 atom stereocenters. The van der Waals surface area contributed by atoms with Crippen molar-refractivity contribution in [1.29, 1.82) is 0 Å². The van der Waals surface area contributed by atoms with Crippen molar-refractivity contribution >= 4 is 17.6 Å². The number of alkyl halides is 3. The molecule has 0 saturated heterocycles.